The molecule has 0 fully saturated rings. The quantitative estimate of drug-likeness (QED) is 0.687. The summed E-state index contributed by atoms with van der Waals surface area (Å²) in [7, 11) is 0. The SMILES string of the molecule is OCC1(CO)CNc2cc(Cl)ccc21. The molecule has 1 aromatic carbocycles. The van der Waals surface area contributed by atoms with E-state index in [9.17, 15) is 10.2 Å². The van der Waals surface area contributed by atoms with Crippen LogP contribution in [0.2, 0.25) is 5.02 Å². The number of fused-ring (bicyclic) bond motifs is 1. The van der Waals surface area contributed by atoms with Crippen molar-refractivity contribution in [3.05, 3.63) is 28.8 Å². The Hall–Kier alpha value is -0.770. The average Bonchev–Trinajstić information content (AvgIpc) is 2.56. The Morgan fingerprint density at radius 1 is 1.36 bits per heavy atom. The molecule has 1 heterocycles. The van der Waals surface area contributed by atoms with Gasteiger partial charge in [-0.1, -0.05) is 17.7 Å². The van der Waals surface area contributed by atoms with E-state index in [2.05, 4.69) is 5.32 Å². The van der Waals surface area contributed by atoms with Crippen molar-refractivity contribution in [2.75, 3.05) is 25.1 Å². The van der Waals surface area contributed by atoms with Crippen LogP contribution in [0, 0.1) is 0 Å². The monoisotopic (exact) mass is 213 g/mol. The molecule has 0 aromatic heterocycles. The third-order valence-electron chi connectivity index (χ3n) is 2.78. The first kappa shape index (κ1) is 9.77. The fourth-order valence-electron chi connectivity index (χ4n) is 1.82. The Balaban J connectivity index is 2.48. The zero-order chi connectivity index (χ0) is 10.2. The van der Waals surface area contributed by atoms with Crippen LogP contribution in [0.25, 0.3) is 0 Å². The summed E-state index contributed by atoms with van der Waals surface area (Å²) in [4.78, 5) is 0. The van der Waals surface area contributed by atoms with Gasteiger partial charge >= 0.3 is 0 Å². The largest absolute Gasteiger partial charge is 0.395 e. The van der Waals surface area contributed by atoms with Crippen molar-refractivity contribution < 1.29 is 10.2 Å². The zero-order valence-electron chi connectivity index (χ0n) is 7.63. The Morgan fingerprint density at radius 3 is 2.71 bits per heavy atom. The maximum Gasteiger partial charge on any atom is 0.0607 e. The zero-order valence-corrected chi connectivity index (χ0v) is 8.38. The van der Waals surface area contributed by atoms with Crippen molar-refractivity contribution in [2.45, 2.75) is 5.41 Å². The standard InChI is InChI=1S/C10H12ClNO2/c11-7-1-2-8-9(3-7)12-4-10(8,5-13)6-14/h1-3,12-14H,4-6H2. The van der Waals surface area contributed by atoms with Crippen LogP contribution in [0.3, 0.4) is 0 Å². The number of hydrogen-bond acceptors (Lipinski definition) is 3. The van der Waals surface area contributed by atoms with E-state index >= 15 is 0 Å². The van der Waals surface area contributed by atoms with E-state index in [0.29, 0.717) is 11.6 Å². The van der Waals surface area contributed by atoms with Gasteiger partial charge in [-0.15, -0.1) is 0 Å². The summed E-state index contributed by atoms with van der Waals surface area (Å²) in [5.74, 6) is 0. The third-order valence-corrected chi connectivity index (χ3v) is 3.01. The normalized spacial score (nSPS) is 17.6. The lowest BCUT2D eigenvalue weighted by Crippen LogP contribution is -2.36. The first-order chi connectivity index (χ1) is 6.72. The van der Waals surface area contributed by atoms with Gasteiger partial charge in [-0.05, 0) is 17.7 Å². The first-order valence-corrected chi connectivity index (χ1v) is 4.85. The first-order valence-electron chi connectivity index (χ1n) is 4.47. The minimum absolute atomic E-state index is 0.0644. The minimum atomic E-state index is -0.556. The molecule has 0 bridgehead atoms. The van der Waals surface area contributed by atoms with Gasteiger partial charge in [0.2, 0.25) is 0 Å². The Labute approximate surface area is 87.3 Å². The van der Waals surface area contributed by atoms with Crippen LogP contribution in [0.15, 0.2) is 18.2 Å². The smallest absolute Gasteiger partial charge is 0.0607 e. The molecule has 1 aromatic rings. The van der Waals surface area contributed by atoms with Gasteiger partial charge in [0.1, 0.15) is 0 Å². The Bertz CT molecular complexity index is 350. The summed E-state index contributed by atoms with van der Waals surface area (Å²) < 4.78 is 0. The Morgan fingerprint density at radius 2 is 2.07 bits per heavy atom. The summed E-state index contributed by atoms with van der Waals surface area (Å²) in [6.45, 7) is 0.423. The molecule has 0 aliphatic carbocycles. The van der Waals surface area contributed by atoms with Crippen LogP contribution in [-0.2, 0) is 5.41 Å². The molecule has 4 heteroatoms. The lowest BCUT2D eigenvalue weighted by atomic mass is 9.84. The van der Waals surface area contributed by atoms with Crippen molar-refractivity contribution in [2.24, 2.45) is 0 Å². The van der Waals surface area contributed by atoms with Gasteiger partial charge in [-0.25, -0.2) is 0 Å². The van der Waals surface area contributed by atoms with Crippen LogP contribution in [0.5, 0.6) is 0 Å². The van der Waals surface area contributed by atoms with E-state index < -0.39 is 5.41 Å². The van der Waals surface area contributed by atoms with Gasteiger partial charge in [0.15, 0.2) is 0 Å². The molecule has 0 saturated heterocycles. The number of aliphatic hydroxyl groups is 2. The van der Waals surface area contributed by atoms with Crippen LogP contribution in [0.4, 0.5) is 5.69 Å². The highest BCUT2D eigenvalue weighted by atomic mass is 35.5. The number of anilines is 1. The number of aliphatic hydroxyl groups excluding tert-OH is 2. The predicted molar refractivity (Wildman–Crippen MR) is 55.8 cm³/mol. The van der Waals surface area contributed by atoms with Gasteiger partial charge in [0.05, 0.1) is 18.6 Å². The fraction of sp³-hybridized carbons (Fsp3) is 0.400. The molecule has 3 N–H and O–H groups in total. The number of hydrogen-bond donors (Lipinski definition) is 3. The molecular weight excluding hydrogens is 202 g/mol. The van der Waals surface area contributed by atoms with Crippen molar-refractivity contribution in [1.82, 2.24) is 0 Å². The summed E-state index contributed by atoms with van der Waals surface area (Å²) >= 11 is 5.84. The molecule has 0 unspecified atom stereocenters. The number of nitrogens with one attached hydrogen (secondary N) is 1. The van der Waals surface area contributed by atoms with E-state index in [1.165, 1.54) is 0 Å². The second-order valence-electron chi connectivity index (χ2n) is 3.64. The molecule has 0 atom stereocenters. The molecule has 14 heavy (non-hydrogen) atoms. The molecule has 3 nitrogen and oxygen atoms in total. The Kier molecular flexibility index (Phi) is 2.39. The highest BCUT2D eigenvalue weighted by Gasteiger charge is 2.37. The minimum Gasteiger partial charge on any atom is -0.395 e. The maximum atomic E-state index is 9.30. The second-order valence-corrected chi connectivity index (χ2v) is 4.08. The number of benzene rings is 1. The molecule has 0 spiro atoms. The molecule has 0 radical (unpaired) electrons. The fourth-order valence-corrected chi connectivity index (χ4v) is 1.99. The van der Waals surface area contributed by atoms with Crippen LogP contribution >= 0.6 is 11.6 Å². The van der Waals surface area contributed by atoms with E-state index in [-0.39, 0.29) is 13.2 Å². The van der Waals surface area contributed by atoms with Crippen LogP contribution in [0.1, 0.15) is 5.56 Å². The van der Waals surface area contributed by atoms with Crippen LogP contribution in [-0.4, -0.2) is 30.0 Å². The summed E-state index contributed by atoms with van der Waals surface area (Å²) in [5, 5.41) is 22.4. The second kappa shape index (κ2) is 3.42. The molecule has 0 amide bonds. The summed E-state index contributed by atoms with van der Waals surface area (Å²) in [6.07, 6.45) is 0. The van der Waals surface area contributed by atoms with E-state index in [4.69, 9.17) is 11.6 Å². The van der Waals surface area contributed by atoms with Gasteiger partial charge < -0.3 is 15.5 Å². The van der Waals surface area contributed by atoms with Crippen molar-refractivity contribution in [3.63, 3.8) is 0 Å². The molecule has 0 saturated carbocycles. The molecule has 76 valence electrons. The highest BCUT2D eigenvalue weighted by molar-refractivity contribution is 6.30. The van der Waals surface area contributed by atoms with Gasteiger partial charge in [0, 0.05) is 17.3 Å². The van der Waals surface area contributed by atoms with Crippen LogP contribution < -0.4 is 5.32 Å². The van der Waals surface area contributed by atoms with Gasteiger partial charge in [-0.2, -0.15) is 0 Å². The van der Waals surface area contributed by atoms with Gasteiger partial charge in [-0.3, -0.25) is 0 Å². The van der Waals surface area contributed by atoms with E-state index in [1.807, 2.05) is 12.1 Å². The van der Waals surface area contributed by atoms with Crippen molar-refractivity contribution in [1.29, 1.82) is 0 Å². The van der Waals surface area contributed by atoms with E-state index in [1.54, 1.807) is 6.07 Å². The third kappa shape index (κ3) is 1.29. The number of rotatable bonds is 2. The van der Waals surface area contributed by atoms with Crippen molar-refractivity contribution >= 4 is 17.3 Å². The molecule has 2 rings (SSSR count). The lowest BCUT2D eigenvalue weighted by Gasteiger charge is -2.23. The van der Waals surface area contributed by atoms with E-state index in [0.717, 1.165) is 11.3 Å². The number of halogens is 1. The molecule has 1 aliphatic heterocycles. The highest BCUT2D eigenvalue weighted by Crippen LogP contribution is 2.37. The predicted octanol–water partition coefficient (Wildman–Crippen LogP) is 0.988. The lowest BCUT2D eigenvalue weighted by molar-refractivity contribution is 0.130. The average molecular weight is 214 g/mol. The van der Waals surface area contributed by atoms with Gasteiger partial charge in [0.25, 0.3) is 0 Å². The molecular formula is C10H12ClNO2. The topological polar surface area (TPSA) is 52.5 Å². The van der Waals surface area contributed by atoms with Crippen molar-refractivity contribution in [3.8, 4) is 0 Å². The summed E-state index contributed by atoms with van der Waals surface area (Å²) in [5.41, 5.74) is 1.28. The maximum absolute atomic E-state index is 9.30. The molecule has 1 aliphatic rings. The summed E-state index contributed by atoms with van der Waals surface area (Å²) in [6, 6.07) is 5.43.